The summed E-state index contributed by atoms with van der Waals surface area (Å²) in [5, 5.41) is 4.18. The van der Waals surface area contributed by atoms with Gasteiger partial charge in [0.05, 0.1) is 23.9 Å². The second-order valence-corrected chi connectivity index (χ2v) is 3.45. The molecule has 1 aromatic carbocycles. The number of hydrogen-bond donors (Lipinski definition) is 1. The van der Waals surface area contributed by atoms with Gasteiger partial charge in [-0.1, -0.05) is 30.0 Å². The van der Waals surface area contributed by atoms with Gasteiger partial charge in [-0.2, -0.15) is 5.10 Å². The largest absolute Gasteiger partial charge is 0.369 e. The number of benzene rings is 1. The van der Waals surface area contributed by atoms with Crippen molar-refractivity contribution >= 4 is 5.91 Å². The summed E-state index contributed by atoms with van der Waals surface area (Å²) in [5.41, 5.74) is 6.72. The minimum atomic E-state index is -0.423. The Morgan fingerprint density at radius 3 is 2.82 bits per heavy atom. The monoisotopic (exact) mass is 225 g/mol. The summed E-state index contributed by atoms with van der Waals surface area (Å²) in [6.07, 6.45) is 3.53. The number of rotatable bonds is 2. The van der Waals surface area contributed by atoms with Gasteiger partial charge in [-0.15, -0.1) is 0 Å². The molecule has 0 radical (unpaired) electrons. The quantitative estimate of drug-likeness (QED) is 0.778. The number of hydrogen-bond acceptors (Lipinski definition) is 2. The molecule has 84 valence electrons. The first kappa shape index (κ1) is 11.0. The third-order valence-corrected chi connectivity index (χ3v) is 2.10. The normalized spacial score (nSPS) is 9.41. The summed E-state index contributed by atoms with van der Waals surface area (Å²) in [4.78, 5) is 10.5. The van der Waals surface area contributed by atoms with Crippen LogP contribution >= 0.6 is 0 Å². The van der Waals surface area contributed by atoms with Gasteiger partial charge in [0.25, 0.3) is 0 Å². The van der Waals surface area contributed by atoms with E-state index in [1.165, 1.54) is 0 Å². The van der Waals surface area contributed by atoms with Crippen LogP contribution in [0.5, 0.6) is 0 Å². The molecule has 0 saturated heterocycles. The van der Waals surface area contributed by atoms with Crippen LogP contribution in [0.25, 0.3) is 5.69 Å². The first-order valence-corrected chi connectivity index (χ1v) is 5.13. The number of primary amides is 1. The lowest BCUT2D eigenvalue weighted by molar-refractivity contribution is -0.117. The van der Waals surface area contributed by atoms with E-state index in [0.717, 1.165) is 11.3 Å². The van der Waals surface area contributed by atoms with Crippen molar-refractivity contribution in [1.82, 2.24) is 9.78 Å². The molecule has 0 aliphatic heterocycles. The molecule has 2 rings (SSSR count). The predicted octanol–water partition coefficient (Wildman–Crippen LogP) is 1.10. The molecule has 0 aliphatic rings. The van der Waals surface area contributed by atoms with Crippen molar-refractivity contribution in [2.24, 2.45) is 5.73 Å². The number of carbonyl (C=O) groups is 1. The zero-order chi connectivity index (χ0) is 12.1. The van der Waals surface area contributed by atoms with Crippen LogP contribution in [-0.4, -0.2) is 15.7 Å². The summed E-state index contributed by atoms with van der Waals surface area (Å²) in [6, 6.07) is 9.73. The smallest absolute Gasteiger partial charge is 0.229 e. The Hall–Kier alpha value is -2.54. The van der Waals surface area contributed by atoms with E-state index in [4.69, 9.17) is 5.73 Å². The molecule has 1 heterocycles. The van der Waals surface area contributed by atoms with Crippen molar-refractivity contribution in [3.8, 4) is 17.5 Å². The van der Waals surface area contributed by atoms with Gasteiger partial charge in [0.2, 0.25) is 5.91 Å². The molecule has 4 nitrogen and oxygen atoms in total. The highest BCUT2D eigenvalue weighted by atomic mass is 16.1. The van der Waals surface area contributed by atoms with E-state index in [9.17, 15) is 4.79 Å². The van der Waals surface area contributed by atoms with Crippen molar-refractivity contribution in [3.05, 3.63) is 48.3 Å². The van der Waals surface area contributed by atoms with Crippen LogP contribution in [0.15, 0.2) is 42.7 Å². The first-order chi connectivity index (χ1) is 8.25. The fourth-order valence-electron chi connectivity index (χ4n) is 1.34. The van der Waals surface area contributed by atoms with Gasteiger partial charge in [0.15, 0.2) is 0 Å². The standard InChI is InChI=1S/C13H11N3O/c14-13(17)8-4-5-11-9-15-16(10-11)12-6-2-1-3-7-12/h1-3,6-7,9-10H,8H2,(H2,14,17). The number of aromatic nitrogens is 2. The molecule has 0 fully saturated rings. The van der Waals surface area contributed by atoms with Crippen LogP contribution in [0.4, 0.5) is 0 Å². The maximum Gasteiger partial charge on any atom is 0.229 e. The predicted molar refractivity (Wildman–Crippen MR) is 64.3 cm³/mol. The summed E-state index contributed by atoms with van der Waals surface area (Å²) in [6.45, 7) is 0. The molecule has 2 N–H and O–H groups in total. The van der Waals surface area contributed by atoms with E-state index in [1.807, 2.05) is 36.5 Å². The number of nitrogens with zero attached hydrogens (tertiary/aromatic N) is 2. The third kappa shape index (κ3) is 2.95. The Kier molecular flexibility index (Phi) is 3.22. The Labute approximate surface area is 99.1 Å². The van der Waals surface area contributed by atoms with Gasteiger partial charge >= 0.3 is 0 Å². The maximum atomic E-state index is 10.5. The number of amides is 1. The zero-order valence-corrected chi connectivity index (χ0v) is 9.13. The van der Waals surface area contributed by atoms with E-state index < -0.39 is 5.91 Å². The van der Waals surface area contributed by atoms with Crippen molar-refractivity contribution in [2.75, 3.05) is 0 Å². The minimum absolute atomic E-state index is 0.0660. The second-order valence-electron chi connectivity index (χ2n) is 3.45. The molecule has 17 heavy (non-hydrogen) atoms. The summed E-state index contributed by atoms with van der Waals surface area (Å²) >= 11 is 0. The van der Waals surface area contributed by atoms with Crippen LogP contribution in [-0.2, 0) is 4.79 Å². The van der Waals surface area contributed by atoms with E-state index in [1.54, 1.807) is 10.9 Å². The van der Waals surface area contributed by atoms with Crippen LogP contribution < -0.4 is 5.73 Å². The van der Waals surface area contributed by atoms with Crippen molar-refractivity contribution < 1.29 is 4.79 Å². The number of carbonyl (C=O) groups excluding carboxylic acids is 1. The summed E-state index contributed by atoms with van der Waals surface area (Å²) in [7, 11) is 0. The molecule has 1 aromatic heterocycles. The maximum absolute atomic E-state index is 10.5. The Morgan fingerprint density at radius 1 is 1.35 bits per heavy atom. The molecule has 2 aromatic rings. The highest BCUT2D eigenvalue weighted by molar-refractivity contribution is 5.76. The van der Waals surface area contributed by atoms with Gasteiger partial charge < -0.3 is 5.73 Å². The highest BCUT2D eigenvalue weighted by Gasteiger charge is 1.97. The van der Waals surface area contributed by atoms with Gasteiger partial charge in [-0.25, -0.2) is 4.68 Å². The molecule has 0 aliphatic carbocycles. The number of nitrogens with two attached hydrogens (primary N) is 1. The molecule has 0 atom stereocenters. The van der Waals surface area contributed by atoms with E-state index in [0.29, 0.717) is 0 Å². The topological polar surface area (TPSA) is 60.9 Å². The van der Waals surface area contributed by atoms with Crippen LogP contribution in [0.1, 0.15) is 12.0 Å². The Morgan fingerprint density at radius 2 is 2.12 bits per heavy atom. The minimum Gasteiger partial charge on any atom is -0.369 e. The lowest BCUT2D eigenvalue weighted by Gasteiger charge is -1.98. The van der Waals surface area contributed by atoms with Crippen molar-refractivity contribution in [3.63, 3.8) is 0 Å². The Bertz CT molecular complexity index is 575. The molecule has 1 amide bonds. The SMILES string of the molecule is NC(=O)CC#Cc1cnn(-c2ccccc2)c1. The zero-order valence-electron chi connectivity index (χ0n) is 9.13. The number of para-hydroxylation sites is 1. The van der Waals surface area contributed by atoms with Gasteiger partial charge in [0.1, 0.15) is 0 Å². The van der Waals surface area contributed by atoms with E-state index in [-0.39, 0.29) is 6.42 Å². The average Bonchev–Trinajstić information content (AvgIpc) is 2.78. The van der Waals surface area contributed by atoms with Crippen LogP contribution in [0.2, 0.25) is 0 Å². The van der Waals surface area contributed by atoms with Gasteiger partial charge in [-0.3, -0.25) is 4.79 Å². The molecule has 4 heteroatoms. The van der Waals surface area contributed by atoms with Crippen molar-refractivity contribution in [1.29, 1.82) is 0 Å². The Balaban J connectivity index is 2.16. The second kappa shape index (κ2) is 4.99. The molecule has 0 saturated carbocycles. The first-order valence-electron chi connectivity index (χ1n) is 5.13. The lowest BCUT2D eigenvalue weighted by Crippen LogP contribution is -2.08. The van der Waals surface area contributed by atoms with Gasteiger partial charge in [0, 0.05) is 6.20 Å². The average molecular weight is 225 g/mol. The fraction of sp³-hybridized carbons (Fsp3) is 0.0769. The molecular weight excluding hydrogens is 214 g/mol. The lowest BCUT2D eigenvalue weighted by atomic mass is 10.3. The third-order valence-electron chi connectivity index (χ3n) is 2.10. The van der Waals surface area contributed by atoms with Crippen LogP contribution in [0.3, 0.4) is 0 Å². The summed E-state index contributed by atoms with van der Waals surface area (Å²) < 4.78 is 1.73. The van der Waals surface area contributed by atoms with E-state index >= 15 is 0 Å². The van der Waals surface area contributed by atoms with Crippen molar-refractivity contribution in [2.45, 2.75) is 6.42 Å². The fourth-order valence-corrected chi connectivity index (χ4v) is 1.34. The van der Waals surface area contributed by atoms with Crippen LogP contribution in [0, 0.1) is 11.8 Å². The summed E-state index contributed by atoms with van der Waals surface area (Å²) in [5.74, 6) is 5.10. The molecule has 0 unspecified atom stereocenters. The van der Waals surface area contributed by atoms with E-state index in [2.05, 4.69) is 16.9 Å². The molecular formula is C13H11N3O. The molecule has 0 spiro atoms. The van der Waals surface area contributed by atoms with Gasteiger partial charge in [-0.05, 0) is 12.1 Å². The highest BCUT2D eigenvalue weighted by Crippen LogP contribution is 2.06. The molecule has 0 bridgehead atoms.